The van der Waals surface area contributed by atoms with Gasteiger partial charge in [-0.1, -0.05) is 11.6 Å². The molecule has 23 heavy (non-hydrogen) atoms. The van der Waals surface area contributed by atoms with E-state index in [0.29, 0.717) is 13.1 Å². The predicted octanol–water partition coefficient (Wildman–Crippen LogP) is 2.16. The van der Waals surface area contributed by atoms with Crippen molar-refractivity contribution in [3.63, 3.8) is 0 Å². The van der Waals surface area contributed by atoms with Gasteiger partial charge in [0.05, 0.1) is 17.4 Å². The molecule has 1 saturated heterocycles. The molecular weight excluding hydrogens is 334 g/mol. The molecule has 0 saturated carbocycles. The van der Waals surface area contributed by atoms with Crippen molar-refractivity contribution in [3.05, 3.63) is 21.3 Å². The first kappa shape index (κ1) is 18.2. The van der Waals surface area contributed by atoms with E-state index in [4.69, 9.17) is 11.6 Å². The number of thiophene rings is 1. The molecule has 7 heteroatoms. The molecule has 128 valence electrons. The van der Waals surface area contributed by atoms with Crippen LogP contribution in [0.3, 0.4) is 0 Å². The molecule has 2 rings (SSSR count). The number of likely N-dealkylation sites (N-methyl/N-ethyl adjacent to an activating group) is 1. The Kier molecular flexibility index (Phi) is 6.44. The molecule has 0 N–H and O–H groups in total. The zero-order valence-corrected chi connectivity index (χ0v) is 15.5. The largest absolute Gasteiger partial charge is 0.349 e. The van der Waals surface area contributed by atoms with E-state index in [0.717, 1.165) is 35.1 Å². The highest BCUT2D eigenvalue weighted by Crippen LogP contribution is 2.23. The molecule has 1 aromatic rings. The molecule has 0 bridgehead atoms. The molecule has 1 aliphatic rings. The lowest BCUT2D eigenvalue weighted by atomic mass is 9.95. The summed E-state index contributed by atoms with van der Waals surface area (Å²) in [4.78, 5) is 30.9. The van der Waals surface area contributed by atoms with E-state index in [1.165, 1.54) is 11.3 Å². The maximum Gasteiger partial charge on any atom is 0.236 e. The second-order valence-corrected chi connectivity index (χ2v) is 8.04. The van der Waals surface area contributed by atoms with Crippen molar-refractivity contribution in [2.24, 2.45) is 5.92 Å². The van der Waals surface area contributed by atoms with E-state index < -0.39 is 0 Å². The lowest BCUT2D eigenvalue weighted by Gasteiger charge is -2.32. The quantitative estimate of drug-likeness (QED) is 0.811. The minimum absolute atomic E-state index is 0.0994. The molecule has 0 unspecified atom stereocenters. The monoisotopic (exact) mass is 357 g/mol. The number of halogens is 1. The summed E-state index contributed by atoms with van der Waals surface area (Å²) in [7, 11) is 5.41. The molecule has 0 atom stereocenters. The Morgan fingerprint density at radius 3 is 2.43 bits per heavy atom. The molecule has 0 spiro atoms. The summed E-state index contributed by atoms with van der Waals surface area (Å²) in [6, 6.07) is 3.81. The van der Waals surface area contributed by atoms with Gasteiger partial charge in [0, 0.05) is 31.9 Å². The Morgan fingerprint density at radius 2 is 1.91 bits per heavy atom. The highest BCUT2D eigenvalue weighted by molar-refractivity contribution is 7.16. The molecule has 1 aliphatic heterocycles. The summed E-state index contributed by atoms with van der Waals surface area (Å²) in [6.45, 7) is 2.60. The summed E-state index contributed by atoms with van der Waals surface area (Å²) in [5.41, 5.74) is 0. The minimum atomic E-state index is 0.0994. The van der Waals surface area contributed by atoms with Gasteiger partial charge < -0.3 is 9.80 Å². The van der Waals surface area contributed by atoms with Crippen molar-refractivity contribution in [3.8, 4) is 0 Å². The van der Waals surface area contributed by atoms with E-state index in [9.17, 15) is 9.59 Å². The topological polar surface area (TPSA) is 43.9 Å². The predicted molar refractivity (Wildman–Crippen MR) is 93.7 cm³/mol. The molecular formula is C16H24ClN3O2S. The molecule has 1 fully saturated rings. The Balaban J connectivity index is 1.77. The molecule has 2 heterocycles. The van der Waals surface area contributed by atoms with Crippen LogP contribution < -0.4 is 0 Å². The van der Waals surface area contributed by atoms with Crippen LogP contribution in [0.15, 0.2) is 12.1 Å². The average Bonchev–Trinajstić information content (AvgIpc) is 2.92. The lowest BCUT2D eigenvalue weighted by Crippen LogP contribution is -2.44. The van der Waals surface area contributed by atoms with Crippen molar-refractivity contribution in [2.75, 3.05) is 40.8 Å². The minimum Gasteiger partial charge on any atom is -0.349 e. The van der Waals surface area contributed by atoms with Crippen LogP contribution in [0.2, 0.25) is 4.34 Å². The zero-order chi connectivity index (χ0) is 17.0. The van der Waals surface area contributed by atoms with E-state index in [-0.39, 0.29) is 17.7 Å². The summed E-state index contributed by atoms with van der Waals surface area (Å²) in [5, 5.41) is 0. The van der Waals surface area contributed by atoms with Crippen molar-refractivity contribution >= 4 is 34.8 Å². The van der Waals surface area contributed by atoms with Gasteiger partial charge in [-0.05, 0) is 38.1 Å². The van der Waals surface area contributed by atoms with E-state index >= 15 is 0 Å². The number of amides is 2. The summed E-state index contributed by atoms with van der Waals surface area (Å²) in [6.07, 6.45) is 1.66. The fourth-order valence-electron chi connectivity index (χ4n) is 2.77. The molecule has 0 aliphatic carbocycles. The van der Waals surface area contributed by atoms with Crippen LogP contribution in [0, 0.1) is 5.92 Å². The highest BCUT2D eigenvalue weighted by Gasteiger charge is 2.27. The number of nitrogens with zero attached hydrogens (tertiary/aromatic N) is 3. The number of carbonyl (C=O) groups excluding carboxylic acids is 2. The third kappa shape index (κ3) is 5.19. The van der Waals surface area contributed by atoms with Crippen molar-refractivity contribution in [2.45, 2.75) is 19.4 Å². The standard InChI is InChI=1S/C16H24ClN3O2S/c1-18(2)16(22)12-6-8-20(9-7-12)11-15(21)19(3)10-13-4-5-14(17)23-13/h4-5,12H,6-11H2,1-3H3. The van der Waals surface area contributed by atoms with Crippen LogP contribution in [-0.4, -0.2) is 67.3 Å². The normalized spacial score (nSPS) is 16.3. The summed E-state index contributed by atoms with van der Waals surface area (Å²) >= 11 is 7.42. The van der Waals surface area contributed by atoms with Crippen molar-refractivity contribution in [1.82, 2.24) is 14.7 Å². The first-order valence-corrected chi connectivity index (χ1v) is 8.98. The van der Waals surface area contributed by atoms with Crippen LogP contribution in [0.4, 0.5) is 0 Å². The zero-order valence-electron chi connectivity index (χ0n) is 13.9. The fraction of sp³-hybridized carbons (Fsp3) is 0.625. The molecule has 0 radical (unpaired) electrons. The summed E-state index contributed by atoms with van der Waals surface area (Å²) in [5.74, 6) is 0.400. The van der Waals surface area contributed by atoms with Crippen LogP contribution in [0.1, 0.15) is 17.7 Å². The first-order valence-electron chi connectivity index (χ1n) is 7.78. The maximum atomic E-state index is 12.3. The van der Waals surface area contributed by atoms with Gasteiger partial charge in [0.25, 0.3) is 0 Å². The van der Waals surface area contributed by atoms with E-state index in [1.807, 2.05) is 19.2 Å². The third-order valence-electron chi connectivity index (χ3n) is 4.18. The molecule has 0 aromatic carbocycles. The van der Waals surface area contributed by atoms with E-state index in [2.05, 4.69) is 4.90 Å². The van der Waals surface area contributed by atoms with Gasteiger partial charge in [-0.25, -0.2) is 0 Å². The van der Waals surface area contributed by atoms with Gasteiger partial charge in [0.2, 0.25) is 11.8 Å². The second kappa shape index (κ2) is 8.13. The molecule has 1 aromatic heterocycles. The number of likely N-dealkylation sites (tertiary alicyclic amines) is 1. The highest BCUT2D eigenvalue weighted by atomic mass is 35.5. The molecule has 2 amide bonds. The Bertz CT molecular complexity index is 553. The number of hydrogen-bond donors (Lipinski definition) is 0. The third-order valence-corrected chi connectivity index (χ3v) is 5.40. The van der Waals surface area contributed by atoms with Gasteiger partial charge in [-0.2, -0.15) is 0 Å². The maximum absolute atomic E-state index is 12.3. The SMILES string of the molecule is CN(C)C(=O)C1CCN(CC(=O)N(C)Cc2ccc(Cl)s2)CC1. The van der Waals surface area contributed by atoms with Crippen LogP contribution in [-0.2, 0) is 16.1 Å². The Morgan fingerprint density at radius 1 is 1.26 bits per heavy atom. The van der Waals surface area contributed by atoms with E-state index in [1.54, 1.807) is 23.9 Å². The second-order valence-electron chi connectivity index (χ2n) is 6.24. The average molecular weight is 358 g/mol. The van der Waals surface area contributed by atoms with Gasteiger partial charge >= 0.3 is 0 Å². The number of hydrogen-bond acceptors (Lipinski definition) is 4. The van der Waals surface area contributed by atoms with Crippen LogP contribution in [0.25, 0.3) is 0 Å². The summed E-state index contributed by atoms with van der Waals surface area (Å²) < 4.78 is 0.744. The van der Waals surface area contributed by atoms with Gasteiger partial charge in [-0.15, -0.1) is 11.3 Å². The van der Waals surface area contributed by atoms with Crippen molar-refractivity contribution < 1.29 is 9.59 Å². The Labute approximate surface area is 146 Å². The number of carbonyl (C=O) groups is 2. The van der Waals surface area contributed by atoms with Crippen LogP contribution in [0.5, 0.6) is 0 Å². The smallest absolute Gasteiger partial charge is 0.236 e. The molecule has 5 nitrogen and oxygen atoms in total. The fourth-order valence-corrected chi connectivity index (χ4v) is 3.91. The first-order chi connectivity index (χ1) is 10.9. The van der Waals surface area contributed by atoms with Gasteiger partial charge in [0.15, 0.2) is 0 Å². The van der Waals surface area contributed by atoms with Gasteiger partial charge in [-0.3, -0.25) is 14.5 Å². The van der Waals surface area contributed by atoms with Gasteiger partial charge in [0.1, 0.15) is 0 Å². The lowest BCUT2D eigenvalue weighted by molar-refractivity contribution is -0.135. The van der Waals surface area contributed by atoms with Crippen LogP contribution >= 0.6 is 22.9 Å². The number of piperidine rings is 1. The number of rotatable bonds is 5. The van der Waals surface area contributed by atoms with Crippen molar-refractivity contribution in [1.29, 1.82) is 0 Å². The Hall–Kier alpha value is -1.11.